The van der Waals surface area contributed by atoms with E-state index in [1.165, 1.54) is 17.7 Å². The van der Waals surface area contributed by atoms with Gasteiger partial charge in [0.2, 0.25) is 10.0 Å². The largest absolute Gasteiger partial charge is 0.467 e. The highest BCUT2D eigenvalue weighted by Crippen LogP contribution is 2.18. The third kappa shape index (κ3) is 3.80. The average molecular weight is 300 g/mol. The van der Waals surface area contributed by atoms with E-state index in [0.29, 0.717) is 24.9 Å². The molecule has 0 amide bonds. The minimum absolute atomic E-state index is 0.215. The topological polar surface area (TPSA) is 84.4 Å². The van der Waals surface area contributed by atoms with Crippen molar-refractivity contribution >= 4 is 15.8 Å². The van der Waals surface area contributed by atoms with Crippen molar-refractivity contribution in [1.29, 1.82) is 0 Å². The molecular formula is C12H20N4O3S. The van der Waals surface area contributed by atoms with Gasteiger partial charge in [-0.25, -0.2) is 17.7 Å². The fourth-order valence-electron chi connectivity index (χ4n) is 2.25. The van der Waals surface area contributed by atoms with Gasteiger partial charge in [-0.15, -0.1) is 0 Å². The summed E-state index contributed by atoms with van der Waals surface area (Å²) in [4.78, 5) is 8.37. The van der Waals surface area contributed by atoms with Gasteiger partial charge in [0, 0.05) is 30.9 Å². The summed E-state index contributed by atoms with van der Waals surface area (Å²) in [5, 5.41) is 3.32. The van der Waals surface area contributed by atoms with Crippen LogP contribution >= 0.6 is 0 Å². The van der Waals surface area contributed by atoms with E-state index < -0.39 is 10.0 Å². The summed E-state index contributed by atoms with van der Waals surface area (Å²) in [5.74, 6) is 0.715. The molecule has 0 bridgehead atoms. The van der Waals surface area contributed by atoms with Gasteiger partial charge in [0.1, 0.15) is 5.82 Å². The number of nitrogens with one attached hydrogen (secondary N) is 1. The smallest absolute Gasteiger partial charge is 0.318 e. The molecule has 8 heteroatoms. The van der Waals surface area contributed by atoms with E-state index in [9.17, 15) is 8.42 Å². The van der Waals surface area contributed by atoms with Gasteiger partial charge in [-0.1, -0.05) is 0 Å². The van der Waals surface area contributed by atoms with Gasteiger partial charge in [0.25, 0.3) is 0 Å². The van der Waals surface area contributed by atoms with Crippen molar-refractivity contribution in [1.82, 2.24) is 14.3 Å². The lowest BCUT2D eigenvalue weighted by molar-refractivity contribution is 0.331. The predicted molar refractivity (Wildman–Crippen MR) is 76.4 cm³/mol. The van der Waals surface area contributed by atoms with E-state index in [1.807, 2.05) is 13.0 Å². The summed E-state index contributed by atoms with van der Waals surface area (Å²) >= 11 is 0. The first-order valence-corrected chi connectivity index (χ1v) is 8.34. The molecule has 20 heavy (non-hydrogen) atoms. The van der Waals surface area contributed by atoms with E-state index in [-0.39, 0.29) is 6.04 Å². The zero-order valence-electron chi connectivity index (χ0n) is 12.0. The summed E-state index contributed by atoms with van der Waals surface area (Å²) in [6.45, 7) is 2.96. The van der Waals surface area contributed by atoms with Crippen LogP contribution in [0.1, 0.15) is 18.5 Å². The molecule has 1 fully saturated rings. The molecule has 0 saturated carbocycles. The highest BCUT2D eigenvalue weighted by atomic mass is 32.2. The van der Waals surface area contributed by atoms with Crippen LogP contribution in [0.2, 0.25) is 0 Å². The van der Waals surface area contributed by atoms with Crippen LogP contribution in [0.4, 0.5) is 5.82 Å². The van der Waals surface area contributed by atoms with Crippen LogP contribution < -0.4 is 10.1 Å². The molecular weight excluding hydrogens is 280 g/mol. The summed E-state index contributed by atoms with van der Waals surface area (Å²) in [6, 6.07) is 2.40. The van der Waals surface area contributed by atoms with Gasteiger partial charge in [-0.05, 0) is 19.8 Å². The summed E-state index contributed by atoms with van der Waals surface area (Å²) in [6.07, 6.45) is 2.77. The molecule has 0 aliphatic carbocycles. The maximum Gasteiger partial charge on any atom is 0.318 e. The van der Waals surface area contributed by atoms with Crippen LogP contribution in [0.25, 0.3) is 0 Å². The molecule has 2 rings (SSSR count). The molecule has 0 aromatic carbocycles. The van der Waals surface area contributed by atoms with Crippen molar-refractivity contribution in [3.63, 3.8) is 0 Å². The molecule has 0 unspecified atom stereocenters. The van der Waals surface area contributed by atoms with Gasteiger partial charge in [0.05, 0.1) is 13.4 Å². The quantitative estimate of drug-likeness (QED) is 0.878. The van der Waals surface area contributed by atoms with Crippen LogP contribution in [-0.4, -0.2) is 55.2 Å². The minimum atomic E-state index is -3.08. The average Bonchev–Trinajstić information content (AvgIpc) is 2.37. The van der Waals surface area contributed by atoms with Gasteiger partial charge in [-0.3, -0.25) is 0 Å². The number of sulfonamides is 1. The first-order valence-electron chi connectivity index (χ1n) is 6.50. The van der Waals surface area contributed by atoms with Crippen molar-refractivity contribution < 1.29 is 13.2 Å². The number of aromatic nitrogens is 2. The molecule has 0 spiro atoms. The predicted octanol–water partition coefficient (Wildman–Crippen LogP) is 0.630. The standard InChI is InChI=1S/C12H20N4O3S/c1-9-8-11(15-12(13-9)19-2)14-10-4-6-16(7-5-10)20(3,17)18/h8,10H,4-7H2,1-3H3,(H,13,14,15). The molecule has 7 nitrogen and oxygen atoms in total. The third-order valence-electron chi connectivity index (χ3n) is 3.29. The summed E-state index contributed by atoms with van der Waals surface area (Å²) in [7, 11) is -1.55. The molecule has 1 aromatic heterocycles. The Morgan fingerprint density at radius 3 is 2.55 bits per heavy atom. The van der Waals surface area contributed by atoms with Crippen molar-refractivity contribution in [2.75, 3.05) is 31.8 Å². The first-order chi connectivity index (χ1) is 9.38. The van der Waals surface area contributed by atoms with Gasteiger partial charge in [-0.2, -0.15) is 4.98 Å². The van der Waals surface area contributed by atoms with E-state index in [1.54, 1.807) is 0 Å². The van der Waals surface area contributed by atoms with E-state index in [0.717, 1.165) is 18.5 Å². The maximum atomic E-state index is 11.4. The van der Waals surface area contributed by atoms with Crippen LogP contribution in [-0.2, 0) is 10.0 Å². The maximum absolute atomic E-state index is 11.4. The second-order valence-corrected chi connectivity index (χ2v) is 6.94. The molecule has 1 aliphatic heterocycles. The Kier molecular flexibility index (Phi) is 4.44. The third-order valence-corrected chi connectivity index (χ3v) is 4.59. The monoisotopic (exact) mass is 300 g/mol. The fourth-order valence-corrected chi connectivity index (χ4v) is 3.12. The number of aryl methyl sites for hydroxylation is 1. The van der Waals surface area contributed by atoms with Crippen LogP contribution in [0.5, 0.6) is 6.01 Å². The number of methoxy groups -OCH3 is 1. The van der Waals surface area contributed by atoms with Crippen LogP contribution in [0.3, 0.4) is 0 Å². The van der Waals surface area contributed by atoms with Crippen LogP contribution in [0, 0.1) is 6.92 Å². The fraction of sp³-hybridized carbons (Fsp3) is 0.667. The molecule has 1 aromatic rings. The zero-order valence-corrected chi connectivity index (χ0v) is 12.8. The number of hydrogen-bond acceptors (Lipinski definition) is 6. The number of anilines is 1. The van der Waals surface area contributed by atoms with Gasteiger partial charge >= 0.3 is 6.01 Å². The Morgan fingerprint density at radius 1 is 1.35 bits per heavy atom. The Labute approximate surface area is 119 Å². The van der Waals surface area contributed by atoms with Crippen molar-refractivity contribution in [3.8, 4) is 6.01 Å². The molecule has 1 aliphatic rings. The number of nitrogens with zero attached hydrogens (tertiary/aromatic N) is 3. The Hall–Kier alpha value is -1.41. The van der Waals surface area contributed by atoms with E-state index >= 15 is 0 Å². The van der Waals surface area contributed by atoms with Gasteiger partial charge < -0.3 is 10.1 Å². The molecule has 1 saturated heterocycles. The molecule has 0 atom stereocenters. The lowest BCUT2D eigenvalue weighted by Gasteiger charge is -2.30. The lowest BCUT2D eigenvalue weighted by atomic mass is 10.1. The molecule has 0 radical (unpaired) electrons. The number of ether oxygens (including phenoxy) is 1. The van der Waals surface area contributed by atoms with Crippen molar-refractivity contribution in [3.05, 3.63) is 11.8 Å². The van der Waals surface area contributed by atoms with Gasteiger partial charge in [0.15, 0.2) is 0 Å². The molecule has 1 N–H and O–H groups in total. The Bertz CT molecular complexity index is 568. The number of rotatable bonds is 4. The van der Waals surface area contributed by atoms with Crippen LogP contribution in [0.15, 0.2) is 6.07 Å². The Balaban J connectivity index is 1.97. The second-order valence-electron chi connectivity index (χ2n) is 4.96. The van der Waals surface area contributed by atoms with E-state index in [2.05, 4.69) is 15.3 Å². The highest BCUT2D eigenvalue weighted by molar-refractivity contribution is 7.88. The molecule has 2 heterocycles. The molecule has 112 valence electrons. The lowest BCUT2D eigenvalue weighted by Crippen LogP contribution is -2.41. The second kappa shape index (κ2) is 5.92. The number of hydrogen-bond donors (Lipinski definition) is 1. The Morgan fingerprint density at radius 2 is 2.00 bits per heavy atom. The zero-order chi connectivity index (χ0) is 14.8. The van der Waals surface area contributed by atoms with Crippen molar-refractivity contribution in [2.24, 2.45) is 0 Å². The normalized spacial score (nSPS) is 17.9. The summed E-state index contributed by atoms with van der Waals surface area (Å²) in [5.41, 5.74) is 0.827. The SMILES string of the molecule is COc1nc(C)cc(NC2CCN(S(C)(=O)=O)CC2)n1. The highest BCUT2D eigenvalue weighted by Gasteiger charge is 2.25. The minimum Gasteiger partial charge on any atom is -0.467 e. The van der Waals surface area contributed by atoms with E-state index in [4.69, 9.17) is 4.74 Å². The summed E-state index contributed by atoms with van der Waals surface area (Å²) < 4.78 is 29.4. The number of piperidine rings is 1. The van der Waals surface area contributed by atoms with Crippen molar-refractivity contribution in [2.45, 2.75) is 25.8 Å². The first kappa shape index (κ1) is 15.0.